The first-order valence-electron chi connectivity index (χ1n) is 26.9. The molecule has 72 heavy (non-hydrogen) atoms. The van der Waals surface area contributed by atoms with Gasteiger partial charge < -0.3 is 48.3 Å². The molecule has 2 saturated heterocycles. The topological polar surface area (TPSA) is 177 Å². The number of esters is 1. The van der Waals surface area contributed by atoms with Crippen molar-refractivity contribution in [2.45, 2.75) is 205 Å². The van der Waals surface area contributed by atoms with Gasteiger partial charge in [-0.05, 0) is 120 Å². The molecule has 406 valence electrons. The minimum absolute atomic E-state index is 0.0312. The number of amides is 1. The number of carbonyl (C=O) groups excluding carboxylic acids is 4. The van der Waals surface area contributed by atoms with Gasteiger partial charge in [-0.15, -0.1) is 12.3 Å². The van der Waals surface area contributed by atoms with Crippen LogP contribution in [-0.2, 0) is 52.3 Å². The lowest BCUT2D eigenvalue weighted by molar-refractivity contribution is -0.265. The summed E-state index contributed by atoms with van der Waals surface area (Å²) < 4.78 is 42.7. The van der Waals surface area contributed by atoms with Crippen LogP contribution in [0.25, 0.3) is 0 Å². The van der Waals surface area contributed by atoms with Gasteiger partial charge in [-0.25, -0.2) is 4.79 Å². The Morgan fingerprint density at radius 1 is 0.833 bits per heavy atom. The molecule has 0 aromatic heterocycles. The minimum Gasteiger partial charge on any atom is -0.460 e. The van der Waals surface area contributed by atoms with E-state index in [9.17, 15) is 29.4 Å². The number of hydrogen-bond donors (Lipinski definition) is 2. The van der Waals surface area contributed by atoms with Crippen molar-refractivity contribution in [1.82, 2.24) is 4.90 Å². The van der Waals surface area contributed by atoms with Gasteiger partial charge in [-0.1, -0.05) is 71.1 Å². The molecule has 2 N–H and O–H groups in total. The molecule has 0 unspecified atom stereocenters. The van der Waals surface area contributed by atoms with E-state index in [0.717, 1.165) is 44.1 Å². The number of piperidine rings is 1. The Balaban J connectivity index is 1.69. The van der Waals surface area contributed by atoms with Crippen molar-refractivity contribution in [3.8, 4) is 12.3 Å². The van der Waals surface area contributed by atoms with Crippen LogP contribution in [0.1, 0.15) is 145 Å². The van der Waals surface area contributed by atoms with Gasteiger partial charge in [0.25, 0.3) is 11.7 Å². The van der Waals surface area contributed by atoms with Crippen molar-refractivity contribution in [3.63, 3.8) is 0 Å². The molecule has 3 fully saturated rings. The maximum absolute atomic E-state index is 14.7. The van der Waals surface area contributed by atoms with Crippen molar-refractivity contribution < 1.29 is 62.5 Å². The lowest BCUT2D eigenvalue weighted by Gasteiger charge is -2.43. The highest BCUT2D eigenvalue weighted by atomic mass is 16.6. The number of hydrogen-bond acceptors (Lipinski definition) is 13. The maximum Gasteiger partial charge on any atom is 0.329 e. The van der Waals surface area contributed by atoms with Crippen LogP contribution in [0.5, 0.6) is 0 Å². The number of rotatable bonds is 12. The van der Waals surface area contributed by atoms with Crippen LogP contribution in [0, 0.1) is 47.9 Å². The second-order valence-corrected chi connectivity index (χ2v) is 21.5. The van der Waals surface area contributed by atoms with E-state index in [1.165, 1.54) is 12.0 Å². The summed E-state index contributed by atoms with van der Waals surface area (Å²) in [5.74, 6) is -3.89. The third-order valence-electron chi connectivity index (χ3n) is 16.0. The first kappa shape index (κ1) is 61.0. The second kappa shape index (κ2) is 30.1. The molecule has 4 rings (SSSR count). The average molecular weight is 1010 g/mol. The van der Waals surface area contributed by atoms with E-state index < -0.39 is 77.9 Å². The molecular weight excluding hydrogens is 919 g/mol. The van der Waals surface area contributed by atoms with Gasteiger partial charge in [0.15, 0.2) is 5.78 Å². The fraction of sp³-hybridized carbons (Fsp3) is 0.759. The third-order valence-corrected chi connectivity index (χ3v) is 16.0. The molecule has 16 atom stereocenters. The Morgan fingerprint density at radius 3 is 2.25 bits per heavy atom. The minimum atomic E-state index is -2.40. The number of Topliss-reactive ketones (excluding diaryl/α,β-unsaturated/α-hetero) is 2. The largest absolute Gasteiger partial charge is 0.460 e. The standard InChI is InChI=1S/C58H91NO13/c1-13-14-15-21-30-70-47-28-26-44(34-51(47)68-11)33-40(5)50-36-49(67-10)39(4)32-42(7)53(61)54(69-12)52(60)41(6)31-37(2)22-17-16-18-23-38(3)48(66-9)35-45-27-25-43(8)58(65,72-45)55(62)56(63)59-29-20-19-24-46(59)57(64)71-50/h1,16-18,22-23,32,37,39-41,43-51,53-54,61,65H,14-15,19-21,24-31,33-36H2,2-12H3/b18-16+,22-17+,38-23+,42-32+/t37-,39-,40-,41-,43-,44+,45+,46+,47-,48+,49-,50+,51-,53-,54+,58-/m1/s1. The number of cyclic esters (lactones) is 1. The van der Waals surface area contributed by atoms with Crippen LogP contribution < -0.4 is 0 Å². The number of ketones is 2. The smallest absolute Gasteiger partial charge is 0.329 e. The van der Waals surface area contributed by atoms with Gasteiger partial charge in [0.1, 0.15) is 24.4 Å². The van der Waals surface area contributed by atoms with Crippen LogP contribution in [0.3, 0.4) is 0 Å². The van der Waals surface area contributed by atoms with E-state index in [-0.39, 0.29) is 61.0 Å². The van der Waals surface area contributed by atoms with Crippen LogP contribution in [0.15, 0.2) is 47.6 Å². The summed E-state index contributed by atoms with van der Waals surface area (Å²) in [4.78, 5) is 58.6. The second-order valence-electron chi connectivity index (χ2n) is 21.5. The van der Waals surface area contributed by atoms with E-state index in [2.05, 4.69) is 12.8 Å². The molecule has 1 aliphatic carbocycles. The lowest BCUT2D eigenvalue weighted by Crippen LogP contribution is -2.61. The molecule has 14 heteroatoms. The highest BCUT2D eigenvalue weighted by Crippen LogP contribution is 2.38. The number of nitrogens with zero attached hydrogens (tertiary/aromatic N) is 1. The number of unbranched alkanes of at least 4 members (excludes halogenated alkanes) is 2. The van der Waals surface area contributed by atoms with Crippen molar-refractivity contribution >= 4 is 23.4 Å². The number of fused-ring (bicyclic) bond motifs is 3. The molecule has 0 radical (unpaired) electrons. The van der Waals surface area contributed by atoms with Crippen LogP contribution >= 0.6 is 0 Å². The fourth-order valence-electron chi connectivity index (χ4n) is 11.3. The molecule has 0 spiro atoms. The zero-order chi connectivity index (χ0) is 53.1. The Labute approximate surface area is 432 Å². The van der Waals surface area contributed by atoms with Crippen LogP contribution in [0.2, 0.25) is 0 Å². The number of methoxy groups -OCH3 is 4. The molecule has 1 amide bonds. The SMILES string of the molecule is C#CCCCCO[C@@H]1CC[C@@H](C[C@@H](C)[C@@H]2C[C@@H](OC)[C@H](C)/C=C(\C)[C@@H](O)[C@@H](OC)C(=O)[C@H](C)C[C@H](C)/C=C/C=C/C=C(\C)[C@@H](OC)C[C@@H]3CC[C@@H](C)[C@@](O)(O3)C(=O)C(=O)N3CCCC[C@H]3C(=O)O2)C[C@H]1OC. The van der Waals surface area contributed by atoms with Crippen molar-refractivity contribution in [1.29, 1.82) is 0 Å². The van der Waals surface area contributed by atoms with Crippen molar-refractivity contribution in [2.75, 3.05) is 41.6 Å². The van der Waals surface area contributed by atoms with Gasteiger partial charge in [-0.3, -0.25) is 14.4 Å². The number of aliphatic hydroxyl groups excluding tert-OH is 1. The number of allylic oxidation sites excluding steroid dienone is 5. The zero-order valence-electron chi connectivity index (χ0n) is 45.6. The molecule has 0 aromatic carbocycles. The molecular formula is C58H91NO13. The van der Waals surface area contributed by atoms with Crippen molar-refractivity contribution in [3.05, 3.63) is 47.6 Å². The first-order valence-corrected chi connectivity index (χ1v) is 26.9. The number of aliphatic hydroxyl groups is 2. The molecule has 4 aliphatic rings. The molecule has 3 aliphatic heterocycles. The van der Waals surface area contributed by atoms with E-state index >= 15 is 0 Å². The van der Waals surface area contributed by atoms with E-state index in [0.29, 0.717) is 57.1 Å². The van der Waals surface area contributed by atoms with Crippen molar-refractivity contribution in [2.24, 2.45) is 35.5 Å². The van der Waals surface area contributed by atoms with E-state index in [4.69, 9.17) is 39.6 Å². The Kier molecular flexibility index (Phi) is 25.5. The summed E-state index contributed by atoms with van der Waals surface area (Å²) in [6.45, 7) is 14.1. The van der Waals surface area contributed by atoms with Crippen LogP contribution in [-0.4, -0.2) is 141 Å². The lowest BCUT2D eigenvalue weighted by atomic mass is 9.78. The summed E-state index contributed by atoms with van der Waals surface area (Å²) in [6.07, 6.45) is 21.8. The summed E-state index contributed by atoms with van der Waals surface area (Å²) >= 11 is 0. The summed E-state index contributed by atoms with van der Waals surface area (Å²) in [6, 6.07) is -1.07. The van der Waals surface area contributed by atoms with Gasteiger partial charge in [0.05, 0.1) is 30.5 Å². The monoisotopic (exact) mass is 1010 g/mol. The predicted molar refractivity (Wildman–Crippen MR) is 277 cm³/mol. The first-order chi connectivity index (χ1) is 34.3. The normalized spacial score (nSPS) is 38.5. The van der Waals surface area contributed by atoms with E-state index in [1.54, 1.807) is 35.2 Å². The molecule has 2 bridgehead atoms. The third kappa shape index (κ3) is 17.0. The molecule has 0 aromatic rings. The predicted octanol–water partition coefficient (Wildman–Crippen LogP) is 8.45. The fourth-order valence-corrected chi connectivity index (χ4v) is 11.3. The highest BCUT2D eigenvalue weighted by Gasteiger charge is 2.53. The number of terminal acetylenes is 1. The quantitative estimate of drug-likeness (QED) is 0.0627. The summed E-state index contributed by atoms with van der Waals surface area (Å²) in [5.41, 5.74) is 1.44. The Morgan fingerprint density at radius 2 is 1.57 bits per heavy atom. The summed E-state index contributed by atoms with van der Waals surface area (Å²) in [7, 11) is 6.35. The molecule has 14 nitrogen and oxygen atoms in total. The highest BCUT2D eigenvalue weighted by molar-refractivity contribution is 6.39. The molecule has 1 saturated carbocycles. The number of ether oxygens (including phenoxy) is 7. The van der Waals surface area contributed by atoms with Crippen LogP contribution in [0.4, 0.5) is 0 Å². The van der Waals surface area contributed by atoms with Gasteiger partial charge >= 0.3 is 5.97 Å². The van der Waals surface area contributed by atoms with E-state index in [1.807, 2.05) is 64.2 Å². The number of carbonyl (C=O) groups is 4. The average Bonchev–Trinajstić information content (AvgIpc) is 3.36. The van der Waals surface area contributed by atoms with Gasteiger partial charge in [-0.2, -0.15) is 0 Å². The molecule has 3 heterocycles. The zero-order valence-corrected chi connectivity index (χ0v) is 45.6. The van der Waals surface area contributed by atoms with Gasteiger partial charge in [0.2, 0.25) is 5.79 Å². The summed E-state index contributed by atoms with van der Waals surface area (Å²) in [5, 5.41) is 23.7. The Hall–Kier alpha value is -3.52. The van der Waals surface area contributed by atoms with Gasteiger partial charge in [0, 0.05) is 78.6 Å². The maximum atomic E-state index is 14.7. The Bertz CT molecular complexity index is 1900.